The topological polar surface area (TPSA) is 55.1 Å². The standard InChI is InChI=1S/C16H12N2O2/c19-15(20)8-10-7-14-16-12(5-6-18(14)9-10)11-3-1-2-4-13(11)17-16/h1-6,9H,7-8H2,(H,19,20). The van der Waals surface area contributed by atoms with Crippen LogP contribution >= 0.6 is 0 Å². The van der Waals surface area contributed by atoms with Crippen molar-refractivity contribution in [3.63, 3.8) is 0 Å². The number of carboxylic acid groups (broad SMARTS) is 1. The molecule has 0 unspecified atom stereocenters. The summed E-state index contributed by atoms with van der Waals surface area (Å²) in [6.45, 7) is 0. The van der Waals surface area contributed by atoms with Crippen LogP contribution in [0.15, 0.2) is 42.1 Å². The number of benzene rings is 1. The number of pyridine rings is 1. The number of aliphatic carboxylic acids is 1. The Labute approximate surface area is 115 Å². The van der Waals surface area contributed by atoms with Crippen molar-refractivity contribution in [2.75, 3.05) is 0 Å². The Hall–Kier alpha value is -2.62. The number of hydrogen-bond acceptors (Lipinski definition) is 2. The number of fused-ring (bicyclic) bond motifs is 5. The van der Waals surface area contributed by atoms with Crippen molar-refractivity contribution in [3.05, 3.63) is 47.8 Å². The summed E-state index contributed by atoms with van der Waals surface area (Å²) in [6, 6.07) is 10.1. The fourth-order valence-electron chi connectivity index (χ4n) is 2.92. The molecule has 3 heterocycles. The molecule has 4 nitrogen and oxygen atoms in total. The number of rotatable bonds is 2. The molecule has 0 radical (unpaired) electrons. The van der Waals surface area contributed by atoms with Gasteiger partial charge in [-0.15, -0.1) is 0 Å². The molecule has 0 aromatic heterocycles. The van der Waals surface area contributed by atoms with Crippen LogP contribution in [-0.2, 0) is 11.2 Å². The maximum atomic E-state index is 10.8. The van der Waals surface area contributed by atoms with Crippen molar-refractivity contribution in [2.45, 2.75) is 12.8 Å². The van der Waals surface area contributed by atoms with Gasteiger partial charge in [0.25, 0.3) is 0 Å². The summed E-state index contributed by atoms with van der Waals surface area (Å²) in [7, 11) is 0. The van der Waals surface area contributed by atoms with Crippen molar-refractivity contribution in [2.24, 2.45) is 0 Å². The molecule has 1 aromatic rings. The van der Waals surface area contributed by atoms with Gasteiger partial charge in [0.05, 0.1) is 23.3 Å². The first-order valence-electron chi connectivity index (χ1n) is 6.52. The molecular formula is C16H12N2O2. The Balaban J connectivity index is 1.88. The van der Waals surface area contributed by atoms with Gasteiger partial charge in [0.15, 0.2) is 0 Å². The van der Waals surface area contributed by atoms with Crippen LogP contribution in [0.5, 0.6) is 0 Å². The van der Waals surface area contributed by atoms with Gasteiger partial charge in [0, 0.05) is 29.8 Å². The number of carbonyl (C=O) groups is 1. The second-order valence-corrected chi connectivity index (χ2v) is 5.10. The zero-order valence-electron chi connectivity index (χ0n) is 10.7. The molecule has 3 aliphatic heterocycles. The predicted molar refractivity (Wildman–Crippen MR) is 76.6 cm³/mol. The Morgan fingerprint density at radius 2 is 2.15 bits per heavy atom. The first-order chi connectivity index (χ1) is 9.72. The minimum atomic E-state index is -0.790. The van der Waals surface area contributed by atoms with Crippen molar-refractivity contribution in [1.82, 2.24) is 9.55 Å². The summed E-state index contributed by atoms with van der Waals surface area (Å²) in [6.07, 6.45) is 4.64. The highest BCUT2D eigenvalue weighted by Crippen LogP contribution is 2.36. The summed E-state index contributed by atoms with van der Waals surface area (Å²) in [4.78, 5) is 15.5. The monoisotopic (exact) mass is 264 g/mol. The van der Waals surface area contributed by atoms with Crippen molar-refractivity contribution in [3.8, 4) is 11.3 Å². The van der Waals surface area contributed by atoms with E-state index < -0.39 is 5.97 Å². The molecule has 0 saturated heterocycles. The molecule has 3 aliphatic rings. The van der Waals surface area contributed by atoms with Crippen molar-refractivity contribution in [1.29, 1.82) is 0 Å². The molecule has 0 spiro atoms. The molecule has 1 N–H and O–H groups in total. The molecule has 0 saturated carbocycles. The third kappa shape index (κ3) is 1.54. The molecule has 0 atom stereocenters. The van der Waals surface area contributed by atoms with Crippen LogP contribution in [0.3, 0.4) is 0 Å². The summed E-state index contributed by atoms with van der Waals surface area (Å²) in [5, 5.41) is 10.1. The highest BCUT2D eigenvalue weighted by molar-refractivity contribution is 5.98. The van der Waals surface area contributed by atoms with Gasteiger partial charge in [-0.1, -0.05) is 18.2 Å². The molecule has 0 bridgehead atoms. The highest BCUT2D eigenvalue weighted by atomic mass is 16.4. The largest absolute Gasteiger partial charge is 0.481 e. The number of aromatic nitrogens is 2. The molecule has 1 aromatic carbocycles. The average Bonchev–Trinajstić information content (AvgIpc) is 2.97. The first kappa shape index (κ1) is 11.2. The van der Waals surface area contributed by atoms with Gasteiger partial charge in [-0.3, -0.25) is 4.79 Å². The maximum absolute atomic E-state index is 10.8. The molecule has 0 amide bonds. The normalized spacial score (nSPS) is 13.7. The second kappa shape index (κ2) is 3.93. The van der Waals surface area contributed by atoms with E-state index in [9.17, 15) is 4.79 Å². The quantitative estimate of drug-likeness (QED) is 0.774. The van der Waals surface area contributed by atoms with E-state index in [0.29, 0.717) is 6.42 Å². The summed E-state index contributed by atoms with van der Waals surface area (Å²) >= 11 is 0. The molecular weight excluding hydrogens is 252 g/mol. The van der Waals surface area contributed by atoms with E-state index in [1.165, 1.54) is 0 Å². The van der Waals surface area contributed by atoms with Crippen LogP contribution in [0.2, 0.25) is 0 Å². The molecule has 4 heteroatoms. The third-order valence-electron chi connectivity index (χ3n) is 3.76. The van der Waals surface area contributed by atoms with Gasteiger partial charge in [-0.05, 0) is 17.7 Å². The Bertz CT molecular complexity index is 845. The summed E-state index contributed by atoms with van der Waals surface area (Å²) in [5.41, 5.74) is 5.09. The van der Waals surface area contributed by atoms with E-state index in [-0.39, 0.29) is 6.42 Å². The van der Waals surface area contributed by atoms with E-state index in [1.54, 1.807) is 0 Å². The van der Waals surface area contributed by atoms with Gasteiger partial charge >= 0.3 is 5.97 Å². The van der Waals surface area contributed by atoms with E-state index in [0.717, 1.165) is 33.4 Å². The van der Waals surface area contributed by atoms with Crippen LogP contribution < -0.4 is 0 Å². The lowest BCUT2D eigenvalue weighted by Crippen LogP contribution is -1.99. The van der Waals surface area contributed by atoms with E-state index >= 15 is 0 Å². The van der Waals surface area contributed by atoms with E-state index in [1.807, 2.05) is 41.2 Å². The SMILES string of the molecule is O=C(O)CC1=Cn2ccc3c4ccccc4nc-3c2C1. The number of nitrogens with zero attached hydrogens (tertiary/aromatic N) is 2. The number of para-hydroxylation sites is 1. The van der Waals surface area contributed by atoms with Crippen molar-refractivity contribution >= 4 is 23.1 Å². The lowest BCUT2D eigenvalue weighted by atomic mass is 10.0. The predicted octanol–water partition coefficient (Wildman–Crippen LogP) is 3.01. The number of hydrogen-bond donors (Lipinski definition) is 1. The molecule has 4 rings (SSSR count). The Kier molecular flexibility index (Phi) is 2.21. The van der Waals surface area contributed by atoms with Gasteiger partial charge in [-0.25, -0.2) is 4.98 Å². The average molecular weight is 264 g/mol. The Morgan fingerprint density at radius 3 is 3.00 bits per heavy atom. The van der Waals surface area contributed by atoms with E-state index in [4.69, 9.17) is 10.1 Å². The van der Waals surface area contributed by atoms with Crippen LogP contribution in [0.25, 0.3) is 28.4 Å². The van der Waals surface area contributed by atoms with Crippen LogP contribution in [0, 0.1) is 0 Å². The second-order valence-electron chi connectivity index (χ2n) is 5.10. The highest BCUT2D eigenvalue weighted by Gasteiger charge is 2.22. The zero-order valence-corrected chi connectivity index (χ0v) is 10.7. The molecule has 0 aliphatic carbocycles. The fraction of sp³-hybridized carbons (Fsp3) is 0.125. The van der Waals surface area contributed by atoms with E-state index in [2.05, 4.69) is 6.07 Å². The lowest BCUT2D eigenvalue weighted by Gasteiger charge is -2.07. The Morgan fingerprint density at radius 1 is 1.30 bits per heavy atom. The maximum Gasteiger partial charge on any atom is 0.307 e. The van der Waals surface area contributed by atoms with Gasteiger partial charge in [-0.2, -0.15) is 0 Å². The molecule has 0 fully saturated rings. The smallest absolute Gasteiger partial charge is 0.307 e. The minimum Gasteiger partial charge on any atom is -0.481 e. The third-order valence-corrected chi connectivity index (χ3v) is 3.76. The van der Waals surface area contributed by atoms with Gasteiger partial charge in [0.1, 0.15) is 0 Å². The van der Waals surface area contributed by atoms with Crippen LogP contribution in [-0.4, -0.2) is 20.6 Å². The fourth-order valence-corrected chi connectivity index (χ4v) is 2.92. The van der Waals surface area contributed by atoms with Crippen LogP contribution in [0.1, 0.15) is 12.1 Å². The summed E-state index contributed by atoms with van der Waals surface area (Å²) in [5.74, 6) is -0.790. The van der Waals surface area contributed by atoms with Gasteiger partial charge < -0.3 is 9.67 Å². The molecule has 98 valence electrons. The van der Waals surface area contributed by atoms with Crippen molar-refractivity contribution < 1.29 is 9.90 Å². The zero-order chi connectivity index (χ0) is 13.7. The molecule has 20 heavy (non-hydrogen) atoms. The number of carboxylic acids is 1. The first-order valence-corrected chi connectivity index (χ1v) is 6.52. The van der Waals surface area contributed by atoms with Crippen LogP contribution in [0.4, 0.5) is 0 Å². The lowest BCUT2D eigenvalue weighted by molar-refractivity contribution is -0.136. The minimum absolute atomic E-state index is 0.0867. The van der Waals surface area contributed by atoms with Gasteiger partial charge in [0.2, 0.25) is 0 Å². The summed E-state index contributed by atoms with van der Waals surface area (Å²) < 4.78 is 1.99.